The van der Waals surface area contributed by atoms with Gasteiger partial charge in [-0.05, 0) is 30.5 Å². The van der Waals surface area contributed by atoms with Gasteiger partial charge in [-0.25, -0.2) is 4.39 Å². The second-order valence-electron chi connectivity index (χ2n) is 3.26. The maximum atomic E-state index is 12.7. The van der Waals surface area contributed by atoms with E-state index in [-0.39, 0.29) is 11.7 Å². The Hall–Kier alpha value is -1.09. The van der Waals surface area contributed by atoms with E-state index in [2.05, 4.69) is 5.32 Å². The number of benzene rings is 1. The normalized spacial score (nSPS) is 10.1. The zero-order valence-corrected chi connectivity index (χ0v) is 9.27. The summed E-state index contributed by atoms with van der Waals surface area (Å²) in [6.07, 6.45) is 1.86. The molecule has 0 spiro atoms. The third-order valence-electron chi connectivity index (χ3n) is 2.14. The van der Waals surface area contributed by atoms with Gasteiger partial charge in [0.2, 0.25) is 5.91 Å². The summed E-state index contributed by atoms with van der Waals surface area (Å²) < 4.78 is 12.7. The van der Waals surface area contributed by atoms with Gasteiger partial charge in [-0.3, -0.25) is 4.79 Å². The summed E-state index contributed by atoms with van der Waals surface area (Å²) in [6.45, 7) is 0. The SMILES string of the molecule is CNC(=O)CCCc1ccc(F)cc1Cl. The second kappa shape index (κ2) is 5.71. The van der Waals surface area contributed by atoms with Crippen LogP contribution in [0.3, 0.4) is 0 Å². The van der Waals surface area contributed by atoms with Crippen LogP contribution in [-0.4, -0.2) is 13.0 Å². The van der Waals surface area contributed by atoms with E-state index in [1.807, 2.05) is 0 Å². The molecule has 2 nitrogen and oxygen atoms in total. The van der Waals surface area contributed by atoms with Crippen molar-refractivity contribution in [3.63, 3.8) is 0 Å². The van der Waals surface area contributed by atoms with Crippen molar-refractivity contribution in [3.8, 4) is 0 Å². The molecule has 0 aliphatic heterocycles. The third-order valence-corrected chi connectivity index (χ3v) is 2.50. The summed E-state index contributed by atoms with van der Waals surface area (Å²) >= 11 is 5.84. The molecular formula is C11H13ClFNO. The number of halogens is 2. The van der Waals surface area contributed by atoms with Gasteiger partial charge >= 0.3 is 0 Å². The molecule has 82 valence electrons. The first-order chi connectivity index (χ1) is 7.13. The number of nitrogens with one attached hydrogen (secondary N) is 1. The second-order valence-corrected chi connectivity index (χ2v) is 3.67. The Labute approximate surface area is 93.4 Å². The summed E-state index contributed by atoms with van der Waals surface area (Å²) in [7, 11) is 1.60. The quantitative estimate of drug-likeness (QED) is 0.845. The zero-order valence-electron chi connectivity index (χ0n) is 8.52. The molecule has 0 atom stereocenters. The summed E-state index contributed by atoms with van der Waals surface area (Å²) in [6, 6.07) is 4.32. The number of aryl methyl sites for hydroxylation is 1. The van der Waals surface area contributed by atoms with E-state index >= 15 is 0 Å². The average molecular weight is 230 g/mol. The van der Waals surface area contributed by atoms with Crippen LogP contribution in [0.25, 0.3) is 0 Å². The van der Waals surface area contributed by atoms with Gasteiger partial charge in [-0.2, -0.15) is 0 Å². The molecule has 0 aromatic heterocycles. The van der Waals surface area contributed by atoms with Crippen LogP contribution in [0.4, 0.5) is 4.39 Å². The molecule has 1 aromatic carbocycles. The van der Waals surface area contributed by atoms with Crippen molar-refractivity contribution in [3.05, 3.63) is 34.6 Å². The van der Waals surface area contributed by atoms with Crippen LogP contribution < -0.4 is 5.32 Å². The molecule has 1 amide bonds. The molecule has 0 aliphatic carbocycles. The first-order valence-electron chi connectivity index (χ1n) is 4.78. The van der Waals surface area contributed by atoms with Crippen molar-refractivity contribution in [1.29, 1.82) is 0 Å². The molecule has 0 aliphatic rings. The van der Waals surface area contributed by atoms with Crippen molar-refractivity contribution >= 4 is 17.5 Å². The largest absolute Gasteiger partial charge is 0.359 e. The standard InChI is InChI=1S/C11H13ClFNO/c1-14-11(15)4-2-3-8-5-6-9(13)7-10(8)12/h5-7H,2-4H2,1H3,(H,14,15). The van der Waals surface area contributed by atoms with Gasteiger partial charge in [0.15, 0.2) is 0 Å². The van der Waals surface area contributed by atoms with Gasteiger partial charge in [-0.15, -0.1) is 0 Å². The highest BCUT2D eigenvalue weighted by Gasteiger charge is 2.03. The topological polar surface area (TPSA) is 29.1 Å². The van der Waals surface area contributed by atoms with Crippen LogP contribution in [0, 0.1) is 5.82 Å². The van der Waals surface area contributed by atoms with Gasteiger partial charge in [0.1, 0.15) is 5.82 Å². The highest BCUT2D eigenvalue weighted by Crippen LogP contribution is 2.19. The van der Waals surface area contributed by atoms with Gasteiger partial charge in [0, 0.05) is 18.5 Å². The lowest BCUT2D eigenvalue weighted by atomic mass is 10.1. The smallest absolute Gasteiger partial charge is 0.219 e. The van der Waals surface area contributed by atoms with E-state index in [1.165, 1.54) is 12.1 Å². The Morgan fingerprint density at radius 3 is 2.87 bits per heavy atom. The first-order valence-corrected chi connectivity index (χ1v) is 5.16. The fraction of sp³-hybridized carbons (Fsp3) is 0.364. The number of rotatable bonds is 4. The molecule has 0 unspecified atom stereocenters. The highest BCUT2D eigenvalue weighted by molar-refractivity contribution is 6.31. The zero-order chi connectivity index (χ0) is 11.3. The molecule has 1 rings (SSSR count). The van der Waals surface area contributed by atoms with Crippen molar-refractivity contribution in [2.75, 3.05) is 7.05 Å². The maximum Gasteiger partial charge on any atom is 0.219 e. The van der Waals surface area contributed by atoms with Crippen LogP contribution in [0.15, 0.2) is 18.2 Å². The number of carbonyl (C=O) groups is 1. The lowest BCUT2D eigenvalue weighted by Gasteiger charge is -2.03. The molecule has 0 heterocycles. The van der Waals surface area contributed by atoms with E-state index in [0.29, 0.717) is 24.3 Å². The van der Waals surface area contributed by atoms with Gasteiger partial charge in [0.25, 0.3) is 0 Å². The predicted octanol–water partition coefficient (Wildman–Crippen LogP) is 2.55. The third kappa shape index (κ3) is 3.88. The minimum Gasteiger partial charge on any atom is -0.359 e. The van der Waals surface area contributed by atoms with E-state index in [0.717, 1.165) is 5.56 Å². The molecule has 1 aromatic rings. The Morgan fingerprint density at radius 1 is 1.53 bits per heavy atom. The monoisotopic (exact) mass is 229 g/mol. The van der Waals surface area contributed by atoms with E-state index in [4.69, 9.17) is 11.6 Å². The fourth-order valence-electron chi connectivity index (χ4n) is 1.29. The molecule has 0 saturated carbocycles. The van der Waals surface area contributed by atoms with Crippen LogP contribution in [0.2, 0.25) is 5.02 Å². The van der Waals surface area contributed by atoms with Crippen molar-refractivity contribution < 1.29 is 9.18 Å². The minimum absolute atomic E-state index is 0.00762. The van der Waals surface area contributed by atoms with Crippen LogP contribution >= 0.6 is 11.6 Å². The van der Waals surface area contributed by atoms with Crippen molar-refractivity contribution in [1.82, 2.24) is 5.32 Å². The van der Waals surface area contributed by atoms with Crippen molar-refractivity contribution in [2.45, 2.75) is 19.3 Å². The fourth-order valence-corrected chi connectivity index (χ4v) is 1.55. The highest BCUT2D eigenvalue weighted by atomic mass is 35.5. The average Bonchev–Trinajstić information content (AvgIpc) is 2.21. The molecular weight excluding hydrogens is 217 g/mol. The molecule has 0 fully saturated rings. The van der Waals surface area contributed by atoms with E-state index in [1.54, 1.807) is 13.1 Å². The lowest BCUT2D eigenvalue weighted by Crippen LogP contribution is -2.17. The van der Waals surface area contributed by atoms with Crippen LogP contribution in [0.1, 0.15) is 18.4 Å². The molecule has 4 heteroatoms. The van der Waals surface area contributed by atoms with Crippen LogP contribution in [-0.2, 0) is 11.2 Å². The Morgan fingerprint density at radius 2 is 2.27 bits per heavy atom. The molecule has 0 radical (unpaired) electrons. The number of amides is 1. The molecule has 0 bridgehead atoms. The summed E-state index contributed by atoms with van der Waals surface area (Å²) in [5.74, 6) is -0.330. The van der Waals surface area contributed by atoms with Gasteiger partial charge in [0.05, 0.1) is 0 Å². The predicted molar refractivity (Wildman–Crippen MR) is 58.4 cm³/mol. The van der Waals surface area contributed by atoms with E-state index < -0.39 is 0 Å². The Bertz CT molecular complexity index is 354. The summed E-state index contributed by atoms with van der Waals surface area (Å²) in [5, 5.41) is 2.97. The first kappa shape index (κ1) is 12.0. The van der Waals surface area contributed by atoms with Crippen molar-refractivity contribution in [2.24, 2.45) is 0 Å². The van der Waals surface area contributed by atoms with Crippen LogP contribution in [0.5, 0.6) is 0 Å². The number of hydrogen-bond donors (Lipinski definition) is 1. The lowest BCUT2D eigenvalue weighted by molar-refractivity contribution is -0.120. The minimum atomic E-state index is -0.338. The summed E-state index contributed by atoms with van der Waals surface area (Å²) in [4.78, 5) is 10.9. The van der Waals surface area contributed by atoms with Gasteiger partial charge in [-0.1, -0.05) is 17.7 Å². The van der Waals surface area contributed by atoms with E-state index in [9.17, 15) is 9.18 Å². The molecule has 15 heavy (non-hydrogen) atoms. The number of hydrogen-bond acceptors (Lipinski definition) is 1. The Kier molecular flexibility index (Phi) is 4.56. The Balaban J connectivity index is 2.47. The molecule has 1 N–H and O–H groups in total. The molecule has 0 saturated heterocycles. The number of carbonyl (C=O) groups excluding carboxylic acids is 1. The summed E-state index contributed by atoms with van der Waals surface area (Å²) in [5.41, 5.74) is 0.877. The maximum absolute atomic E-state index is 12.7. The van der Waals surface area contributed by atoms with Gasteiger partial charge < -0.3 is 5.32 Å².